The average Bonchev–Trinajstić information content (AvgIpc) is 2.81. The first-order valence-corrected chi connectivity index (χ1v) is 6.78. The highest BCUT2D eigenvalue weighted by Gasteiger charge is 2.36. The molecule has 2 heterocycles. The van der Waals surface area contributed by atoms with Gasteiger partial charge in [0, 0.05) is 0 Å². The van der Waals surface area contributed by atoms with Gasteiger partial charge in [-0.1, -0.05) is 18.6 Å². The Morgan fingerprint density at radius 1 is 1.25 bits per heavy atom. The van der Waals surface area contributed by atoms with Gasteiger partial charge in [-0.3, -0.25) is 4.90 Å². The molecule has 0 amide bonds. The minimum Gasteiger partial charge on any atom is -0.341 e. The van der Waals surface area contributed by atoms with Gasteiger partial charge < -0.3 is 4.98 Å². The Balaban J connectivity index is 1.88. The summed E-state index contributed by atoms with van der Waals surface area (Å²) in [6.45, 7) is -0.393. The number of fused-ring (bicyclic) bond motifs is 1. The van der Waals surface area contributed by atoms with E-state index in [1.165, 1.54) is 4.90 Å². The molecule has 3 nitrogen and oxygen atoms in total. The Bertz CT molecular complexity index is 558. The van der Waals surface area contributed by atoms with Gasteiger partial charge in [0.2, 0.25) is 0 Å². The van der Waals surface area contributed by atoms with Crippen LogP contribution in [0.3, 0.4) is 0 Å². The maximum atomic E-state index is 12.7. The largest absolute Gasteiger partial charge is 0.401 e. The molecule has 1 aliphatic heterocycles. The summed E-state index contributed by atoms with van der Waals surface area (Å²) in [5.41, 5.74) is 1.68. The Morgan fingerprint density at radius 2 is 2.05 bits per heavy atom. The molecule has 1 saturated heterocycles. The molecular weight excluding hydrogens is 267 g/mol. The number of alkyl halides is 3. The summed E-state index contributed by atoms with van der Waals surface area (Å²) in [7, 11) is 0. The molecule has 1 atom stereocenters. The number of piperidine rings is 1. The first-order chi connectivity index (χ1) is 9.53. The normalized spacial score (nSPS) is 21.4. The molecule has 6 heteroatoms. The molecule has 1 aliphatic rings. The molecule has 0 saturated carbocycles. The number of rotatable bonds is 2. The van der Waals surface area contributed by atoms with E-state index >= 15 is 0 Å². The monoisotopic (exact) mass is 283 g/mol. The third-order valence-corrected chi connectivity index (χ3v) is 3.72. The lowest BCUT2D eigenvalue weighted by atomic mass is 10.0. The van der Waals surface area contributed by atoms with Crippen molar-refractivity contribution in [3.63, 3.8) is 0 Å². The third kappa shape index (κ3) is 2.80. The minimum atomic E-state index is -4.17. The van der Waals surface area contributed by atoms with Crippen LogP contribution in [0.4, 0.5) is 13.2 Å². The van der Waals surface area contributed by atoms with Gasteiger partial charge >= 0.3 is 6.18 Å². The molecule has 0 spiro atoms. The number of aromatic nitrogens is 2. The van der Waals surface area contributed by atoms with Crippen molar-refractivity contribution >= 4 is 11.0 Å². The molecule has 3 rings (SSSR count). The van der Waals surface area contributed by atoms with Crippen LogP contribution in [0.1, 0.15) is 31.1 Å². The lowest BCUT2D eigenvalue weighted by Gasteiger charge is -2.34. The van der Waals surface area contributed by atoms with E-state index in [-0.39, 0.29) is 6.04 Å². The first kappa shape index (κ1) is 13.4. The third-order valence-electron chi connectivity index (χ3n) is 3.72. The van der Waals surface area contributed by atoms with Crippen molar-refractivity contribution < 1.29 is 13.2 Å². The van der Waals surface area contributed by atoms with Crippen LogP contribution < -0.4 is 0 Å². The van der Waals surface area contributed by atoms with Gasteiger partial charge in [0.1, 0.15) is 5.82 Å². The smallest absolute Gasteiger partial charge is 0.341 e. The second-order valence-electron chi connectivity index (χ2n) is 5.24. The Labute approximate surface area is 114 Å². The number of hydrogen-bond donors (Lipinski definition) is 1. The molecule has 2 aromatic rings. The number of hydrogen-bond acceptors (Lipinski definition) is 2. The molecule has 1 fully saturated rings. The summed E-state index contributed by atoms with van der Waals surface area (Å²) in [5, 5.41) is 0. The van der Waals surface area contributed by atoms with Crippen molar-refractivity contribution in [2.45, 2.75) is 31.5 Å². The van der Waals surface area contributed by atoms with Crippen molar-refractivity contribution in [2.24, 2.45) is 0 Å². The van der Waals surface area contributed by atoms with Crippen molar-refractivity contribution in [1.29, 1.82) is 0 Å². The fourth-order valence-electron chi connectivity index (χ4n) is 2.85. The number of aromatic amines is 1. The zero-order valence-electron chi connectivity index (χ0n) is 11.0. The Morgan fingerprint density at radius 3 is 2.80 bits per heavy atom. The molecule has 1 N–H and O–H groups in total. The van der Waals surface area contributed by atoms with Crippen LogP contribution in [0.5, 0.6) is 0 Å². The fourth-order valence-corrected chi connectivity index (χ4v) is 2.85. The predicted octanol–water partition coefficient (Wildman–Crippen LogP) is 3.65. The highest BCUT2D eigenvalue weighted by atomic mass is 19.4. The lowest BCUT2D eigenvalue weighted by Crippen LogP contribution is -2.40. The highest BCUT2D eigenvalue weighted by Crippen LogP contribution is 2.32. The van der Waals surface area contributed by atoms with Crippen molar-refractivity contribution in [2.75, 3.05) is 13.1 Å². The van der Waals surface area contributed by atoms with E-state index in [4.69, 9.17) is 0 Å². The van der Waals surface area contributed by atoms with E-state index in [9.17, 15) is 13.2 Å². The summed E-state index contributed by atoms with van der Waals surface area (Å²) in [6.07, 6.45) is -1.69. The topological polar surface area (TPSA) is 31.9 Å². The van der Waals surface area contributed by atoms with E-state index in [2.05, 4.69) is 9.97 Å². The van der Waals surface area contributed by atoms with Crippen LogP contribution in [0.2, 0.25) is 0 Å². The molecule has 1 aromatic heterocycles. The second-order valence-corrected chi connectivity index (χ2v) is 5.24. The second kappa shape index (κ2) is 5.09. The minimum absolute atomic E-state index is 0.266. The maximum Gasteiger partial charge on any atom is 0.401 e. The molecule has 108 valence electrons. The van der Waals surface area contributed by atoms with Gasteiger partial charge in [-0.15, -0.1) is 0 Å². The molecule has 20 heavy (non-hydrogen) atoms. The molecule has 1 aromatic carbocycles. The van der Waals surface area contributed by atoms with E-state index in [0.29, 0.717) is 12.4 Å². The van der Waals surface area contributed by atoms with Crippen LogP contribution in [-0.4, -0.2) is 34.1 Å². The Hall–Kier alpha value is -1.56. The average molecular weight is 283 g/mol. The van der Waals surface area contributed by atoms with E-state index in [1.54, 1.807) is 0 Å². The Kier molecular flexibility index (Phi) is 3.41. The molecule has 0 aliphatic carbocycles. The number of likely N-dealkylation sites (tertiary alicyclic amines) is 1. The number of imidazole rings is 1. The lowest BCUT2D eigenvalue weighted by molar-refractivity contribution is -0.154. The van der Waals surface area contributed by atoms with Crippen molar-refractivity contribution in [3.8, 4) is 0 Å². The van der Waals surface area contributed by atoms with Crippen LogP contribution in [0.25, 0.3) is 11.0 Å². The zero-order valence-corrected chi connectivity index (χ0v) is 11.0. The molecule has 0 bridgehead atoms. The van der Waals surface area contributed by atoms with Gasteiger partial charge in [-0.2, -0.15) is 13.2 Å². The number of halogens is 3. The number of nitrogens with zero attached hydrogens (tertiary/aromatic N) is 2. The fraction of sp³-hybridized carbons (Fsp3) is 0.500. The first-order valence-electron chi connectivity index (χ1n) is 6.78. The van der Waals surface area contributed by atoms with Gasteiger partial charge in [-0.05, 0) is 31.5 Å². The van der Waals surface area contributed by atoms with Crippen LogP contribution >= 0.6 is 0 Å². The summed E-state index contributed by atoms with van der Waals surface area (Å²) >= 11 is 0. The van der Waals surface area contributed by atoms with Gasteiger partial charge in [0.25, 0.3) is 0 Å². The van der Waals surface area contributed by atoms with Crippen LogP contribution in [0, 0.1) is 0 Å². The molecule has 0 unspecified atom stereocenters. The summed E-state index contributed by atoms with van der Waals surface area (Å²) in [5.74, 6) is 0.648. The van der Waals surface area contributed by atoms with Gasteiger partial charge in [0.15, 0.2) is 0 Å². The number of para-hydroxylation sites is 2. The molecular formula is C14H16F3N3. The van der Waals surface area contributed by atoms with Gasteiger partial charge in [-0.25, -0.2) is 4.98 Å². The van der Waals surface area contributed by atoms with E-state index in [0.717, 1.165) is 30.3 Å². The van der Waals surface area contributed by atoms with Crippen LogP contribution in [0.15, 0.2) is 24.3 Å². The SMILES string of the molecule is FC(F)(F)CN1CCCC[C@H]1c1nc2ccccc2[nH]1. The van der Waals surface area contributed by atoms with Crippen molar-refractivity contribution in [3.05, 3.63) is 30.1 Å². The predicted molar refractivity (Wildman–Crippen MR) is 70.3 cm³/mol. The van der Waals surface area contributed by atoms with E-state index < -0.39 is 12.7 Å². The summed E-state index contributed by atoms with van der Waals surface area (Å²) in [4.78, 5) is 9.10. The van der Waals surface area contributed by atoms with Crippen molar-refractivity contribution in [1.82, 2.24) is 14.9 Å². The number of H-pyrrole nitrogens is 1. The van der Waals surface area contributed by atoms with Gasteiger partial charge in [0.05, 0.1) is 23.6 Å². The van der Waals surface area contributed by atoms with E-state index in [1.807, 2.05) is 24.3 Å². The zero-order chi connectivity index (χ0) is 14.2. The standard InChI is InChI=1S/C14H16F3N3/c15-14(16,17)9-20-8-4-3-7-12(20)13-18-10-5-1-2-6-11(10)19-13/h1-2,5-6,12H,3-4,7-9H2,(H,18,19)/t12-/m0/s1. The number of benzene rings is 1. The summed E-state index contributed by atoms with van der Waals surface area (Å²) in [6, 6.07) is 7.26. The highest BCUT2D eigenvalue weighted by molar-refractivity contribution is 5.74. The molecule has 0 radical (unpaired) electrons. The summed E-state index contributed by atoms with van der Waals surface area (Å²) < 4.78 is 38.0. The number of nitrogens with one attached hydrogen (secondary N) is 1. The maximum absolute atomic E-state index is 12.7. The van der Waals surface area contributed by atoms with Crippen LogP contribution in [-0.2, 0) is 0 Å². The quantitative estimate of drug-likeness (QED) is 0.912.